The molecule has 0 saturated carbocycles. The second-order valence-electron chi connectivity index (χ2n) is 3.70. The molecule has 0 aliphatic carbocycles. The molecule has 21 heavy (non-hydrogen) atoms. The topological polar surface area (TPSA) is 102 Å². The summed E-state index contributed by atoms with van der Waals surface area (Å²) < 4.78 is 9.39. The third-order valence-electron chi connectivity index (χ3n) is 2.35. The average Bonchev–Trinajstić information content (AvgIpc) is 2.46. The van der Waals surface area contributed by atoms with Crippen LogP contribution >= 0.6 is 15.9 Å². The van der Waals surface area contributed by atoms with Crippen LogP contribution in [0.25, 0.3) is 0 Å². The normalized spacial score (nSPS) is 10.7. The lowest BCUT2D eigenvalue weighted by atomic mass is 10.2. The molecule has 0 spiro atoms. The van der Waals surface area contributed by atoms with E-state index < -0.39 is 17.9 Å². The Morgan fingerprint density at radius 2 is 1.90 bits per heavy atom. The third-order valence-corrected chi connectivity index (χ3v) is 3.01. The zero-order valence-electron chi connectivity index (χ0n) is 11.2. The summed E-state index contributed by atoms with van der Waals surface area (Å²) in [7, 11) is 2.34. The molecule has 2 N–H and O–H groups in total. The Bertz CT molecular complexity index is 611. The minimum absolute atomic E-state index is 0.0731. The molecule has 0 heterocycles. The molecule has 0 amide bonds. The number of methoxy groups -OCH3 is 2. The molecule has 0 atom stereocenters. The smallest absolute Gasteiger partial charge is 0.354 e. The van der Waals surface area contributed by atoms with Gasteiger partial charge in [0.2, 0.25) is 0 Å². The van der Waals surface area contributed by atoms with Crippen LogP contribution in [0.2, 0.25) is 0 Å². The van der Waals surface area contributed by atoms with E-state index in [2.05, 4.69) is 30.7 Å². The Kier molecular flexibility index (Phi) is 5.92. The van der Waals surface area contributed by atoms with Crippen LogP contribution < -0.4 is 5.32 Å². The van der Waals surface area contributed by atoms with Gasteiger partial charge in [0.15, 0.2) is 0 Å². The summed E-state index contributed by atoms with van der Waals surface area (Å²) in [6.45, 7) is 0. The number of esters is 2. The van der Waals surface area contributed by atoms with Crippen molar-refractivity contribution in [2.24, 2.45) is 0 Å². The standard InChI is InChI=1S/C13H12BrNO6/c1-20-11(16)6-10(13(19)21-2)15-9-4-3-7(12(17)18)5-8(9)14/h3-6,15H,1-2H3,(H,17,18)/b10-6+. The van der Waals surface area contributed by atoms with Gasteiger partial charge >= 0.3 is 17.9 Å². The Morgan fingerprint density at radius 1 is 1.24 bits per heavy atom. The van der Waals surface area contributed by atoms with Gasteiger partial charge in [-0.25, -0.2) is 14.4 Å². The van der Waals surface area contributed by atoms with Gasteiger partial charge in [-0.2, -0.15) is 0 Å². The highest BCUT2D eigenvalue weighted by Gasteiger charge is 2.15. The lowest BCUT2D eigenvalue weighted by molar-refractivity contribution is -0.138. The van der Waals surface area contributed by atoms with Crippen LogP contribution in [0.1, 0.15) is 10.4 Å². The highest BCUT2D eigenvalue weighted by Crippen LogP contribution is 2.25. The fraction of sp³-hybridized carbons (Fsp3) is 0.154. The first-order valence-corrected chi connectivity index (χ1v) is 6.36. The minimum Gasteiger partial charge on any atom is -0.478 e. The van der Waals surface area contributed by atoms with Crippen molar-refractivity contribution < 1.29 is 29.0 Å². The molecule has 0 aliphatic heterocycles. The molecule has 0 bridgehead atoms. The highest BCUT2D eigenvalue weighted by atomic mass is 79.9. The van der Waals surface area contributed by atoms with Gasteiger partial charge in [-0.05, 0) is 34.1 Å². The van der Waals surface area contributed by atoms with Crippen molar-refractivity contribution in [3.63, 3.8) is 0 Å². The van der Waals surface area contributed by atoms with Crippen molar-refractivity contribution in [3.8, 4) is 0 Å². The molecule has 0 aromatic heterocycles. The van der Waals surface area contributed by atoms with E-state index in [0.29, 0.717) is 10.2 Å². The van der Waals surface area contributed by atoms with Crippen LogP contribution in [-0.4, -0.2) is 37.2 Å². The maximum absolute atomic E-state index is 11.6. The zero-order chi connectivity index (χ0) is 16.0. The van der Waals surface area contributed by atoms with Gasteiger partial charge in [-0.3, -0.25) is 0 Å². The van der Waals surface area contributed by atoms with Gasteiger partial charge in [-0.15, -0.1) is 0 Å². The second-order valence-corrected chi connectivity index (χ2v) is 4.55. The first-order valence-electron chi connectivity index (χ1n) is 5.57. The number of hydrogen-bond donors (Lipinski definition) is 2. The van der Waals surface area contributed by atoms with Crippen molar-refractivity contribution in [3.05, 3.63) is 40.0 Å². The van der Waals surface area contributed by atoms with E-state index in [0.717, 1.165) is 13.2 Å². The van der Waals surface area contributed by atoms with Crippen LogP contribution in [0, 0.1) is 0 Å². The first-order chi connectivity index (χ1) is 9.88. The van der Waals surface area contributed by atoms with Gasteiger partial charge in [0.05, 0.1) is 31.5 Å². The van der Waals surface area contributed by atoms with E-state index in [4.69, 9.17) is 5.11 Å². The number of anilines is 1. The monoisotopic (exact) mass is 357 g/mol. The largest absolute Gasteiger partial charge is 0.478 e. The van der Waals surface area contributed by atoms with Gasteiger partial charge in [-0.1, -0.05) is 0 Å². The molecule has 112 valence electrons. The van der Waals surface area contributed by atoms with Crippen LogP contribution in [-0.2, 0) is 19.1 Å². The number of halogens is 1. The maximum atomic E-state index is 11.6. The van der Waals surface area contributed by atoms with Crippen molar-refractivity contribution in [2.45, 2.75) is 0 Å². The van der Waals surface area contributed by atoms with Crippen molar-refractivity contribution in [1.29, 1.82) is 0 Å². The number of rotatable bonds is 5. The molecule has 1 aromatic carbocycles. The van der Waals surface area contributed by atoms with E-state index in [1.807, 2.05) is 0 Å². The van der Waals surface area contributed by atoms with Gasteiger partial charge in [0.1, 0.15) is 5.70 Å². The molecule has 8 heteroatoms. The predicted molar refractivity (Wildman–Crippen MR) is 76.8 cm³/mol. The number of carboxylic acids is 1. The molecule has 0 fully saturated rings. The van der Waals surface area contributed by atoms with E-state index in [1.165, 1.54) is 25.3 Å². The third kappa shape index (κ3) is 4.60. The van der Waals surface area contributed by atoms with E-state index in [1.54, 1.807) is 0 Å². The van der Waals surface area contributed by atoms with Crippen molar-refractivity contribution in [2.75, 3.05) is 19.5 Å². The van der Waals surface area contributed by atoms with E-state index in [9.17, 15) is 14.4 Å². The summed E-state index contributed by atoms with van der Waals surface area (Å²) in [6.07, 6.45) is 0.934. The molecule has 1 rings (SSSR count). The van der Waals surface area contributed by atoms with Gasteiger partial charge in [0.25, 0.3) is 0 Å². The summed E-state index contributed by atoms with van der Waals surface area (Å²) in [4.78, 5) is 33.6. The number of hydrogen-bond acceptors (Lipinski definition) is 6. The lowest BCUT2D eigenvalue weighted by Gasteiger charge is -2.11. The van der Waals surface area contributed by atoms with Crippen LogP contribution in [0.4, 0.5) is 5.69 Å². The SMILES string of the molecule is COC(=O)/C=C(/Nc1ccc(C(=O)O)cc1Br)C(=O)OC. The van der Waals surface area contributed by atoms with Crippen molar-refractivity contribution >= 4 is 39.5 Å². The summed E-state index contributed by atoms with van der Waals surface area (Å²) >= 11 is 3.18. The number of benzene rings is 1. The number of nitrogens with one attached hydrogen (secondary N) is 1. The molecular weight excluding hydrogens is 346 g/mol. The summed E-state index contributed by atoms with van der Waals surface area (Å²) in [5.41, 5.74) is 0.317. The number of aromatic carboxylic acids is 1. The Labute approximate surface area is 128 Å². The van der Waals surface area contributed by atoms with E-state index >= 15 is 0 Å². The van der Waals surface area contributed by atoms with Gasteiger partial charge < -0.3 is 19.9 Å². The minimum atomic E-state index is -1.08. The molecule has 7 nitrogen and oxygen atoms in total. The van der Waals surface area contributed by atoms with Crippen LogP contribution in [0.3, 0.4) is 0 Å². The molecular formula is C13H12BrNO6. The number of carboxylic acid groups (broad SMARTS) is 1. The van der Waals surface area contributed by atoms with Gasteiger partial charge in [0, 0.05) is 4.47 Å². The molecule has 0 radical (unpaired) electrons. The quantitative estimate of drug-likeness (QED) is 0.611. The summed E-state index contributed by atoms with van der Waals surface area (Å²) in [5, 5.41) is 11.5. The molecule has 0 saturated heterocycles. The van der Waals surface area contributed by atoms with Crippen LogP contribution in [0.15, 0.2) is 34.4 Å². The fourth-order valence-electron chi connectivity index (χ4n) is 1.33. The van der Waals surface area contributed by atoms with Crippen molar-refractivity contribution in [1.82, 2.24) is 0 Å². The fourth-order valence-corrected chi connectivity index (χ4v) is 1.81. The van der Waals surface area contributed by atoms with Crippen LogP contribution in [0.5, 0.6) is 0 Å². The summed E-state index contributed by atoms with van der Waals surface area (Å²) in [6, 6.07) is 4.15. The lowest BCUT2D eigenvalue weighted by Crippen LogP contribution is -2.15. The van der Waals surface area contributed by atoms with E-state index in [-0.39, 0.29) is 11.3 Å². The second kappa shape index (κ2) is 7.44. The predicted octanol–water partition coefficient (Wildman–Crippen LogP) is 1.79. The number of ether oxygens (including phenoxy) is 2. The number of carbonyl (C=O) groups is 3. The Balaban J connectivity index is 3.10. The molecule has 0 unspecified atom stereocenters. The molecule has 0 aliphatic rings. The molecule has 1 aromatic rings. The number of carbonyl (C=O) groups excluding carboxylic acids is 2. The zero-order valence-corrected chi connectivity index (χ0v) is 12.8. The summed E-state index contributed by atoms with van der Waals surface area (Å²) in [5.74, 6) is -2.59. The Hall–Kier alpha value is -2.35. The first kappa shape index (κ1) is 16.7. The Morgan fingerprint density at radius 3 is 2.38 bits per heavy atom. The highest BCUT2D eigenvalue weighted by molar-refractivity contribution is 9.10. The maximum Gasteiger partial charge on any atom is 0.354 e. The average molecular weight is 358 g/mol.